The zero-order valence-electron chi connectivity index (χ0n) is 12.2. The normalized spacial score (nSPS) is 16.3. The number of ether oxygens (including phenoxy) is 2. The van der Waals surface area contributed by atoms with E-state index in [-0.39, 0.29) is 0 Å². The van der Waals surface area contributed by atoms with Gasteiger partial charge in [-0.05, 0) is 49.9 Å². The fourth-order valence-corrected chi connectivity index (χ4v) is 2.54. The minimum absolute atomic E-state index is 0.607. The van der Waals surface area contributed by atoms with E-state index in [1.807, 2.05) is 18.2 Å². The quantitative estimate of drug-likeness (QED) is 0.779. The molecule has 20 heavy (non-hydrogen) atoms. The van der Waals surface area contributed by atoms with E-state index in [0.29, 0.717) is 5.92 Å². The fourth-order valence-electron chi connectivity index (χ4n) is 2.35. The molecule has 1 aliphatic rings. The molecule has 0 atom stereocenters. The molecule has 0 radical (unpaired) electrons. The first kappa shape index (κ1) is 15.6. The summed E-state index contributed by atoms with van der Waals surface area (Å²) in [6.07, 6.45) is 3.31. The number of hydrogen-bond donors (Lipinski definition) is 1. The summed E-state index contributed by atoms with van der Waals surface area (Å²) >= 11 is 6.08. The fraction of sp³-hybridized carbons (Fsp3) is 0.625. The second-order valence-corrected chi connectivity index (χ2v) is 5.73. The molecule has 0 saturated carbocycles. The number of nitrogens with one attached hydrogen (secondary N) is 1. The molecule has 1 aromatic carbocycles. The lowest BCUT2D eigenvalue weighted by Crippen LogP contribution is -2.22. The molecule has 4 heteroatoms. The van der Waals surface area contributed by atoms with E-state index in [9.17, 15) is 0 Å². The zero-order chi connectivity index (χ0) is 14.2. The van der Waals surface area contributed by atoms with E-state index in [0.717, 1.165) is 68.5 Å². The lowest BCUT2D eigenvalue weighted by atomic mass is 10.0. The summed E-state index contributed by atoms with van der Waals surface area (Å²) in [7, 11) is 0. The van der Waals surface area contributed by atoms with Gasteiger partial charge >= 0.3 is 0 Å². The van der Waals surface area contributed by atoms with Crippen LogP contribution < -0.4 is 10.1 Å². The smallest absolute Gasteiger partial charge is 0.123 e. The average molecular weight is 298 g/mol. The third-order valence-corrected chi connectivity index (χ3v) is 3.82. The first-order chi connectivity index (χ1) is 9.79. The van der Waals surface area contributed by atoms with Gasteiger partial charge in [0.05, 0.1) is 6.61 Å². The minimum atomic E-state index is 0.607. The van der Waals surface area contributed by atoms with Crippen LogP contribution >= 0.6 is 11.6 Å². The Kier molecular flexibility index (Phi) is 6.64. The van der Waals surface area contributed by atoms with Crippen molar-refractivity contribution < 1.29 is 9.47 Å². The van der Waals surface area contributed by atoms with Gasteiger partial charge < -0.3 is 14.8 Å². The topological polar surface area (TPSA) is 30.5 Å². The lowest BCUT2D eigenvalue weighted by Gasteiger charge is -2.23. The predicted octanol–water partition coefficient (Wildman–Crippen LogP) is 3.65. The van der Waals surface area contributed by atoms with Crippen LogP contribution in [0.2, 0.25) is 5.02 Å². The van der Waals surface area contributed by atoms with Gasteiger partial charge in [0.2, 0.25) is 0 Å². The van der Waals surface area contributed by atoms with Gasteiger partial charge in [-0.15, -0.1) is 0 Å². The highest BCUT2D eigenvalue weighted by molar-refractivity contribution is 6.30. The molecule has 1 heterocycles. The lowest BCUT2D eigenvalue weighted by molar-refractivity contribution is 0.0496. The molecule has 1 saturated heterocycles. The van der Waals surface area contributed by atoms with Crippen molar-refractivity contribution in [2.45, 2.75) is 32.7 Å². The molecular weight excluding hydrogens is 274 g/mol. The van der Waals surface area contributed by atoms with Crippen LogP contribution in [0.25, 0.3) is 0 Å². The second kappa shape index (κ2) is 8.50. The molecule has 3 nitrogen and oxygen atoms in total. The van der Waals surface area contributed by atoms with Crippen molar-refractivity contribution in [1.29, 1.82) is 0 Å². The van der Waals surface area contributed by atoms with Gasteiger partial charge in [-0.25, -0.2) is 0 Å². The Labute approximate surface area is 126 Å². The third-order valence-electron chi connectivity index (χ3n) is 3.58. The number of hydrogen-bond acceptors (Lipinski definition) is 3. The third kappa shape index (κ3) is 4.97. The van der Waals surface area contributed by atoms with Gasteiger partial charge in [-0.1, -0.05) is 18.5 Å². The highest BCUT2D eigenvalue weighted by Crippen LogP contribution is 2.24. The summed E-state index contributed by atoms with van der Waals surface area (Å²) in [5.74, 6) is 1.56. The molecule has 1 aliphatic heterocycles. The Morgan fingerprint density at radius 3 is 2.90 bits per heavy atom. The summed E-state index contributed by atoms with van der Waals surface area (Å²) in [5.41, 5.74) is 1.14. The summed E-state index contributed by atoms with van der Waals surface area (Å²) in [6.45, 7) is 6.46. The summed E-state index contributed by atoms with van der Waals surface area (Å²) in [6, 6.07) is 5.86. The standard InChI is InChI=1S/C16H24ClNO2/c1-2-7-18-11-14-10-15(17)3-4-16(14)20-12-13-5-8-19-9-6-13/h3-4,10,13,18H,2,5-9,11-12H2,1H3. The van der Waals surface area contributed by atoms with Crippen LogP contribution in [0.5, 0.6) is 5.75 Å². The van der Waals surface area contributed by atoms with Crippen LogP contribution in [0.4, 0.5) is 0 Å². The van der Waals surface area contributed by atoms with Crippen LogP contribution in [-0.2, 0) is 11.3 Å². The summed E-state index contributed by atoms with van der Waals surface area (Å²) in [4.78, 5) is 0. The van der Waals surface area contributed by atoms with Gasteiger partial charge in [-0.3, -0.25) is 0 Å². The highest BCUT2D eigenvalue weighted by atomic mass is 35.5. The molecule has 1 fully saturated rings. The van der Waals surface area contributed by atoms with E-state index in [2.05, 4.69) is 12.2 Å². The molecule has 0 aromatic heterocycles. The Morgan fingerprint density at radius 2 is 2.15 bits per heavy atom. The molecule has 1 N–H and O–H groups in total. The molecule has 0 aliphatic carbocycles. The van der Waals surface area contributed by atoms with E-state index >= 15 is 0 Å². The van der Waals surface area contributed by atoms with E-state index < -0.39 is 0 Å². The SMILES string of the molecule is CCCNCc1cc(Cl)ccc1OCC1CCOCC1. The van der Waals surface area contributed by atoms with Crippen molar-refractivity contribution >= 4 is 11.6 Å². The molecule has 2 rings (SSSR count). The van der Waals surface area contributed by atoms with Crippen molar-refractivity contribution in [2.24, 2.45) is 5.92 Å². The molecule has 0 amide bonds. The maximum absolute atomic E-state index is 6.08. The molecule has 0 bridgehead atoms. The van der Waals surface area contributed by atoms with Crippen LogP contribution in [0.3, 0.4) is 0 Å². The number of benzene rings is 1. The second-order valence-electron chi connectivity index (χ2n) is 5.30. The molecule has 112 valence electrons. The maximum atomic E-state index is 6.08. The van der Waals surface area contributed by atoms with Crippen molar-refractivity contribution in [3.8, 4) is 5.75 Å². The molecule has 0 unspecified atom stereocenters. The highest BCUT2D eigenvalue weighted by Gasteiger charge is 2.15. The average Bonchev–Trinajstić information content (AvgIpc) is 2.48. The minimum Gasteiger partial charge on any atom is -0.493 e. The Morgan fingerprint density at radius 1 is 1.35 bits per heavy atom. The van der Waals surface area contributed by atoms with Crippen molar-refractivity contribution in [3.05, 3.63) is 28.8 Å². The van der Waals surface area contributed by atoms with Crippen molar-refractivity contribution in [3.63, 3.8) is 0 Å². The van der Waals surface area contributed by atoms with E-state index in [4.69, 9.17) is 21.1 Å². The Hall–Kier alpha value is -0.770. The number of halogens is 1. The van der Waals surface area contributed by atoms with Crippen LogP contribution in [0, 0.1) is 5.92 Å². The first-order valence-corrected chi connectivity index (χ1v) is 7.87. The molecule has 0 spiro atoms. The first-order valence-electron chi connectivity index (χ1n) is 7.49. The molecular formula is C16H24ClNO2. The van der Waals surface area contributed by atoms with E-state index in [1.165, 1.54) is 0 Å². The summed E-state index contributed by atoms with van der Waals surface area (Å²) in [5, 5.41) is 4.16. The van der Waals surface area contributed by atoms with Crippen molar-refractivity contribution in [1.82, 2.24) is 5.32 Å². The van der Waals surface area contributed by atoms with Crippen LogP contribution in [0.1, 0.15) is 31.7 Å². The van der Waals surface area contributed by atoms with Gasteiger partial charge in [0.1, 0.15) is 5.75 Å². The zero-order valence-corrected chi connectivity index (χ0v) is 12.9. The summed E-state index contributed by atoms with van der Waals surface area (Å²) < 4.78 is 11.4. The maximum Gasteiger partial charge on any atom is 0.123 e. The van der Waals surface area contributed by atoms with E-state index in [1.54, 1.807) is 0 Å². The number of rotatable bonds is 7. The predicted molar refractivity (Wildman–Crippen MR) is 82.5 cm³/mol. The monoisotopic (exact) mass is 297 g/mol. The Balaban J connectivity index is 1.91. The van der Waals surface area contributed by atoms with Crippen LogP contribution in [-0.4, -0.2) is 26.4 Å². The van der Waals surface area contributed by atoms with Gasteiger partial charge in [0, 0.05) is 30.3 Å². The molecule has 1 aromatic rings. The van der Waals surface area contributed by atoms with Gasteiger partial charge in [0.15, 0.2) is 0 Å². The van der Waals surface area contributed by atoms with Gasteiger partial charge in [-0.2, -0.15) is 0 Å². The van der Waals surface area contributed by atoms with Crippen LogP contribution in [0.15, 0.2) is 18.2 Å². The largest absolute Gasteiger partial charge is 0.493 e. The van der Waals surface area contributed by atoms with Gasteiger partial charge in [0.25, 0.3) is 0 Å². The van der Waals surface area contributed by atoms with Crippen molar-refractivity contribution in [2.75, 3.05) is 26.4 Å². The Bertz CT molecular complexity index is 405.